The van der Waals surface area contributed by atoms with Gasteiger partial charge in [0, 0.05) is 5.88 Å². The van der Waals surface area contributed by atoms with Crippen LogP contribution >= 0.6 is 11.6 Å². The molecule has 4 heteroatoms. The average molecular weight is 138 g/mol. The Morgan fingerprint density at radius 3 is 2.50 bits per heavy atom. The first-order chi connectivity index (χ1) is 3.68. The van der Waals surface area contributed by atoms with Crippen LogP contribution in [0.15, 0.2) is 0 Å². The van der Waals surface area contributed by atoms with Crippen molar-refractivity contribution >= 4 is 17.6 Å². The molecule has 8 heavy (non-hydrogen) atoms. The Hall–Kier alpha value is -0.280. The van der Waals surface area contributed by atoms with Crippen LogP contribution in [0.1, 0.15) is 6.42 Å². The largest absolute Gasteiger partial charge is 0.480 e. The smallest absolute Gasteiger partial charge is 0.320 e. The number of halogens is 1. The number of aliphatic carboxylic acids is 1. The monoisotopic (exact) mass is 137 g/mol. The molecule has 0 bridgehead atoms. The second-order valence-corrected chi connectivity index (χ2v) is 1.80. The van der Waals surface area contributed by atoms with E-state index in [1.807, 2.05) is 0 Å². The van der Waals surface area contributed by atoms with E-state index in [0.717, 1.165) is 0 Å². The zero-order chi connectivity index (χ0) is 6.57. The summed E-state index contributed by atoms with van der Waals surface area (Å²) in [7, 11) is 0. The summed E-state index contributed by atoms with van der Waals surface area (Å²) in [5.41, 5.74) is 5.04. The molecule has 3 N–H and O–H groups in total. The van der Waals surface area contributed by atoms with Gasteiger partial charge in [0.05, 0.1) is 0 Å². The van der Waals surface area contributed by atoms with Crippen molar-refractivity contribution in [3.8, 4) is 0 Å². The molecule has 0 rings (SSSR count). The van der Waals surface area contributed by atoms with Crippen molar-refractivity contribution in [3.05, 3.63) is 0 Å². The SMILES string of the molecule is NC(CCCl)C(=O)O. The third kappa shape index (κ3) is 2.82. The minimum Gasteiger partial charge on any atom is -0.480 e. The maximum Gasteiger partial charge on any atom is 0.320 e. The lowest BCUT2D eigenvalue weighted by Gasteiger charge is -1.99. The van der Waals surface area contributed by atoms with Crippen molar-refractivity contribution in [2.24, 2.45) is 5.73 Å². The minimum atomic E-state index is -0.995. The summed E-state index contributed by atoms with van der Waals surface area (Å²) in [5.74, 6) is -0.696. The Balaban J connectivity index is 3.32. The van der Waals surface area contributed by atoms with Crippen LogP contribution in [-0.2, 0) is 4.79 Å². The zero-order valence-electron chi connectivity index (χ0n) is 4.30. The van der Waals surface area contributed by atoms with Gasteiger partial charge in [0.2, 0.25) is 0 Å². The number of carboxylic acids is 1. The molecule has 0 aliphatic carbocycles. The predicted molar refractivity (Wildman–Crippen MR) is 30.9 cm³/mol. The van der Waals surface area contributed by atoms with Crippen molar-refractivity contribution < 1.29 is 9.90 Å². The number of nitrogens with two attached hydrogens (primary N) is 1. The average Bonchev–Trinajstić information content (AvgIpc) is 1.67. The number of rotatable bonds is 3. The topological polar surface area (TPSA) is 63.3 Å². The summed E-state index contributed by atoms with van der Waals surface area (Å²) in [5, 5.41) is 8.13. The van der Waals surface area contributed by atoms with Gasteiger partial charge >= 0.3 is 5.97 Å². The van der Waals surface area contributed by atoms with Crippen LogP contribution in [-0.4, -0.2) is 23.0 Å². The third-order valence-corrected chi connectivity index (χ3v) is 0.956. The van der Waals surface area contributed by atoms with Crippen molar-refractivity contribution in [1.29, 1.82) is 0 Å². The first-order valence-electron chi connectivity index (χ1n) is 2.23. The number of carbonyl (C=O) groups is 1. The summed E-state index contributed by atoms with van der Waals surface area (Å²) in [4.78, 5) is 9.91. The highest BCUT2D eigenvalue weighted by atomic mass is 35.5. The molecule has 0 aromatic carbocycles. The van der Waals surface area contributed by atoms with Gasteiger partial charge in [0.25, 0.3) is 0 Å². The molecule has 0 heterocycles. The molecule has 0 saturated carbocycles. The summed E-state index contributed by atoms with van der Waals surface area (Å²) >= 11 is 5.20. The Bertz CT molecular complexity index is 86.1. The van der Waals surface area contributed by atoms with Gasteiger partial charge in [0.1, 0.15) is 6.04 Å². The van der Waals surface area contributed by atoms with E-state index in [1.165, 1.54) is 0 Å². The van der Waals surface area contributed by atoms with Crippen LogP contribution in [0.2, 0.25) is 0 Å². The molecule has 48 valence electrons. The highest BCUT2D eigenvalue weighted by Gasteiger charge is 2.08. The lowest BCUT2D eigenvalue weighted by Crippen LogP contribution is -2.30. The lowest BCUT2D eigenvalue weighted by molar-refractivity contribution is -0.138. The van der Waals surface area contributed by atoms with Gasteiger partial charge in [-0.2, -0.15) is 0 Å². The maximum atomic E-state index is 9.91. The van der Waals surface area contributed by atoms with E-state index >= 15 is 0 Å². The van der Waals surface area contributed by atoms with Crippen molar-refractivity contribution in [2.45, 2.75) is 12.5 Å². The summed E-state index contributed by atoms with van der Waals surface area (Å²) in [6.07, 6.45) is 0.330. The fraction of sp³-hybridized carbons (Fsp3) is 0.750. The number of carboxylic acid groups (broad SMARTS) is 1. The van der Waals surface area contributed by atoms with Gasteiger partial charge in [0.15, 0.2) is 0 Å². The van der Waals surface area contributed by atoms with Crippen molar-refractivity contribution in [1.82, 2.24) is 0 Å². The fourth-order valence-corrected chi connectivity index (χ4v) is 0.476. The Kier molecular flexibility index (Phi) is 3.56. The summed E-state index contributed by atoms with van der Waals surface area (Å²) in [6.45, 7) is 0. The molecule has 0 spiro atoms. The Morgan fingerprint density at radius 1 is 1.88 bits per heavy atom. The quantitative estimate of drug-likeness (QED) is 0.540. The number of hydrogen-bond acceptors (Lipinski definition) is 2. The third-order valence-electron chi connectivity index (χ3n) is 0.737. The second-order valence-electron chi connectivity index (χ2n) is 1.42. The normalized spacial score (nSPS) is 13.2. The molecule has 3 nitrogen and oxygen atoms in total. The van der Waals surface area contributed by atoms with Crippen LogP contribution in [0.25, 0.3) is 0 Å². The zero-order valence-corrected chi connectivity index (χ0v) is 5.06. The highest BCUT2D eigenvalue weighted by Crippen LogP contribution is 1.89. The molecule has 0 fully saturated rings. The highest BCUT2D eigenvalue weighted by molar-refractivity contribution is 6.18. The molecule has 0 aliphatic rings. The molecular weight excluding hydrogens is 130 g/mol. The van der Waals surface area contributed by atoms with Crippen molar-refractivity contribution in [2.75, 3.05) is 5.88 Å². The fourth-order valence-electron chi connectivity index (χ4n) is 0.241. The molecule has 0 aromatic heterocycles. The van der Waals surface area contributed by atoms with Gasteiger partial charge in [-0.3, -0.25) is 4.79 Å². The van der Waals surface area contributed by atoms with E-state index in [-0.39, 0.29) is 0 Å². The predicted octanol–water partition coefficient (Wildman–Crippen LogP) is 0.0272. The maximum absolute atomic E-state index is 9.91. The molecule has 0 saturated heterocycles. The van der Waals surface area contributed by atoms with Crippen LogP contribution in [0.5, 0.6) is 0 Å². The van der Waals surface area contributed by atoms with E-state index in [9.17, 15) is 4.79 Å². The molecular formula is C4H8ClNO2. The van der Waals surface area contributed by atoms with E-state index in [4.69, 9.17) is 22.4 Å². The Labute approximate surface area is 52.4 Å². The molecule has 1 atom stereocenters. The van der Waals surface area contributed by atoms with Gasteiger partial charge in [-0.1, -0.05) is 0 Å². The van der Waals surface area contributed by atoms with Gasteiger partial charge < -0.3 is 10.8 Å². The number of hydrogen-bond donors (Lipinski definition) is 2. The minimum absolute atomic E-state index is 0.299. The second kappa shape index (κ2) is 3.69. The first-order valence-corrected chi connectivity index (χ1v) is 2.76. The summed E-state index contributed by atoms with van der Waals surface area (Å²) in [6, 6.07) is -0.799. The van der Waals surface area contributed by atoms with Crippen LogP contribution < -0.4 is 5.73 Å². The molecule has 0 amide bonds. The lowest BCUT2D eigenvalue weighted by atomic mass is 10.2. The first kappa shape index (κ1) is 7.72. The molecule has 1 unspecified atom stereocenters. The molecule has 0 aromatic rings. The van der Waals surface area contributed by atoms with Crippen LogP contribution in [0, 0.1) is 0 Å². The van der Waals surface area contributed by atoms with Crippen molar-refractivity contribution in [3.63, 3.8) is 0 Å². The van der Waals surface area contributed by atoms with Gasteiger partial charge in [-0.15, -0.1) is 11.6 Å². The van der Waals surface area contributed by atoms with E-state index in [0.29, 0.717) is 12.3 Å². The molecule has 0 radical (unpaired) electrons. The van der Waals surface area contributed by atoms with E-state index in [2.05, 4.69) is 0 Å². The van der Waals surface area contributed by atoms with E-state index in [1.54, 1.807) is 0 Å². The molecule has 0 aliphatic heterocycles. The standard InChI is InChI=1S/C4H8ClNO2/c5-2-1-3(6)4(7)8/h3H,1-2,6H2,(H,7,8). The van der Waals surface area contributed by atoms with Gasteiger partial charge in [-0.25, -0.2) is 0 Å². The van der Waals surface area contributed by atoms with Crippen LogP contribution in [0.3, 0.4) is 0 Å². The van der Waals surface area contributed by atoms with E-state index < -0.39 is 12.0 Å². The van der Waals surface area contributed by atoms with Gasteiger partial charge in [-0.05, 0) is 6.42 Å². The Morgan fingerprint density at radius 2 is 2.38 bits per heavy atom. The van der Waals surface area contributed by atoms with Crippen LogP contribution in [0.4, 0.5) is 0 Å². The number of alkyl halides is 1. The summed E-state index contributed by atoms with van der Waals surface area (Å²) < 4.78 is 0.